The molecule has 0 aromatic heterocycles. The standard InChI is InChI=1S/C13H16.C2H6/c1-11-7-9-13(10-8-11)12-5-3-2-4-6-12;1-2/h2-6,9,11H,7-8,10H2,1H3;1-2H3. The van der Waals surface area contributed by atoms with Gasteiger partial charge in [-0.1, -0.05) is 57.2 Å². The van der Waals surface area contributed by atoms with Crippen molar-refractivity contribution in [2.24, 2.45) is 5.92 Å². The molecule has 0 nitrogen and oxygen atoms in total. The molecule has 0 fully saturated rings. The van der Waals surface area contributed by atoms with Gasteiger partial charge in [-0.25, -0.2) is 0 Å². The topological polar surface area (TPSA) is 0 Å². The Hall–Kier alpha value is -1.04. The minimum absolute atomic E-state index is 0.882. The van der Waals surface area contributed by atoms with Crippen molar-refractivity contribution in [3.05, 3.63) is 42.0 Å². The van der Waals surface area contributed by atoms with Crippen molar-refractivity contribution >= 4 is 5.57 Å². The zero-order chi connectivity index (χ0) is 11.1. The maximum atomic E-state index is 2.41. The highest BCUT2D eigenvalue weighted by atomic mass is 14.2. The van der Waals surface area contributed by atoms with Gasteiger partial charge in [0.1, 0.15) is 0 Å². The first-order valence-electron chi connectivity index (χ1n) is 6.11. The van der Waals surface area contributed by atoms with Crippen molar-refractivity contribution in [1.29, 1.82) is 0 Å². The minimum atomic E-state index is 0.882. The summed E-state index contributed by atoms with van der Waals surface area (Å²) in [5.74, 6) is 0.882. The van der Waals surface area contributed by atoms with E-state index >= 15 is 0 Å². The Morgan fingerprint density at radius 2 is 1.73 bits per heavy atom. The molecular weight excluding hydrogens is 180 g/mol. The fourth-order valence-electron chi connectivity index (χ4n) is 1.88. The van der Waals surface area contributed by atoms with Gasteiger partial charge in [0, 0.05) is 0 Å². The number of hydrogen-bond donors (Lipinski definition) is 0. The predicted octanol–water partition coefficient (Wildman–Crippen LogP) is 4.92. The molecule has 0 amide bonds. The maximum absolute atomic E-state index is 2.41. The van der Waals surface area contributed by atoms with E-state index in [1.165, 1.54) is 24.8 Å². The van der Waals surface area contributed by atoms with Crippen LogP contribution < -0.4 is 0 Å². The Bertz CT molecular complexity index is 295. The zero-order valence-corrected chi connectivity index (χ0v) is 10.2. The largest absolute Gasteiger partial charge is 0.0805 e. The van der Waals surface area contributed by atoms with Crippen molar-refractivity contribution in [2.45, 2.75) is 40.0 Å². The van der Waals surface area contributed by atoms with E-state index in [2.05, 4.69) is 43.3 Å². The second kappa shape index (κ2) is 6.44. The van der Waals surface area contributed by atoms with Crippen LogP contribution in [0.25, 0.3) is 5.57 Å². The van der Waals surface area contributed by atoms with Gasteiger partial charge in [0.05, 0.1) is 0 Å². The van der Waals surface area contributed by atoms with Crippen molar-refractivity contribution in [1.82, 2.24) is 0 Å². The monoisotopic (exact) mass is 202 g/mol. The molecule has 1 unspecified atom stereocenters. The molecule has 0 aliphatic heterocycles. The molecule has 2 rings (SSSR count). The fourth-order valence-corrected chi connectivity index (χ4v) is 1.88. The molecule has 0 spiro atoms. The van der Waals surface area contributed by atoms with E-state index in [-0.39, 0.29) is 0 Å². The van der Waals surface area contributed by atoms with Crippen LogP contribution in [0.3, 0.4) is 0 Å². The molecule has 1 aliphatic carbocycles. The van der Waals surface area contributed by atoms with Crippen LogP contribution in [-0.4, -0.2) is 0 Å². The van der Waals surface area contributed by atoms with E-state index in [0.717, 1.165) is 5.92 Å². The zero-order valence-electron chi connectivity index (χ0n) is 10.2. The summed E-state index contributed by atoms with van der Waals surface area (Å²) < 4.78 is 0. The van der Waals surface area contributed by atoms with Crippen LogP contribution in [0.1, 0.15) is 45.6 Å². The van der Waals surface area contributed by atoms with Gasteiger partial charge in [-0.3, -0.25) is 0 Å². The van der Waals surface area contributed by atoms with Gasteiger partial charge < -0.3 is 0 Å². The lowest BCUT2D eigenvalue weighted by atomic mass is 9.88. The Kier molecular flexibility index (Phi) is 5.17. The predicted molar refractivity (Wildman–Crippen MR) is 68.8 cm³/mol. The molecule has 1 atom stereocenters. The molecule has 15 heavy (non-hydrogen) atoms. The molecule has 1 aliphatic rings. The maximum Gasteiger partial charge on any atom is -0.0228 e. The molecular formula is C15H22. The van der Waals surface area contributed by atoms with Crippen LogP contribution in [0.5, 0.6) is 0 Å². The lowest BCUT2D eigenvalue weighted by Gasteiger charge is -2.18. The molecule has 1 aromatic rings. The first-order chi connectivity index (χ1) is 7.36. The van der Waals surface area contributed by atoms with E-state index in [1.54, 1.807) is 5.57 Å². The first kappa shape index (κ1) is 12.0. The number of benzene rings is 1. The van der Waals surface area contributed by atoms with E-state index < -0.39 is 0 Å². The summed E-state index contributed by atoms with van der Waals surface area (Å²) in [6.07, 6.45) is 6.26. The molecule has 0 bridgehead atoms. The highest BCUT2D eigenvalue weighted by Gasteiger charge is 2.10. The van der Waals surface area contributed by atoms with E-state index in [0.29, 0.717) is 0 Å². The molecule has 0 radical (unpaired) electrons. The fraction of sp³-hybridized carbons (Fsp3) is 0.467. The quantitative estimate of drug-likeness (QED) is 0.606. The van der Waals surface area contributed by atoms with Crippen molar-refractivity contribution in [3.8, 4) is 0 Å². The van der Waals surface area contributed by atoms with Crippen molar-refractivity contribution < 1.29 is 0 Å². The lowest BCUT2D eigenvalue weighted by molar-refractivity contribution is 0.534. The summed E-state index contributed by atoms with van der Waals surface area (Å²) in [5.41, 5.74) is 2.95. The number of allylic oxidation sites excluding steroid dienone is 2. The third kappa shape index (κ3) is 3.54. The van der Waals surface area contributed by atoms with Crippen LogP contribution >= 0.6 is 0 Å². The van der Waals surface area contributed by atoms with E-state index in [1.807, 2.05) is 13.8 Å². The molecule has 0 N–H and O–H groups in total. The Labute approximate surface area is 94.0 Å². The Morgan fingerprint density at radius 1 is 1.07 bits per heavy atom. The van der Waals surface area contributed by atoms with Gasteiger partial charge in [-0.15, -0.1) is 0 Å². The van der Waals surface area contributed by atoms with Crippen LogP contribution in [0, 0.1) is 5.92 Å². The van der Waals surface area contributed by atoms with Crippen molar-refractivity contribution in [2.75, 3.05) is 0 Å². The molecule has 0 saturated carbocycles. The van der Waals surface area contributed by atoms with Gasteiger partial charge in [-0.05, 0) is 36.3 Å². The summed E-state index contributed by atoms with van der Waals surface area (Å²) in [6, 6.07) is 10.7. The Balaban J connectivity index is 0.000000531. The lowest BCUT2D eigenvalue weighted by Crippen LogP contribution is -2.00. The van der Waals surface area contributed by atoms with Crippen LogP contribution in [-0.2, 0) is 0 Å². The SMILES string of the molecule is CC.CC1CC=C(c2ccccc2)CC1. The van der Waals surface area contributed by atoms with Gasteiger partial charge in [0.25, 0.3) is 0 Å². The van der Waals surface area contributed by atoms with Crippen LogP contribution in [0.15, 0.2) is 36.4 Å². The van der Waals surface area contributed by atoms with Gasteiger partial charge in [-0.2, -0.15) is 0 Å². The average molecular weight is 202 g/mol. The summed E-state index contributed by atoms with van der Waals surface area (Å²) in [6.45, 7) is 6.33. The van der Waals surface area contributed by atoms with E-state index in [9.17, 15) is 0 Å². The van der Waals surface area contributed by atoms with Gasteiger partial charge in [0.2, 0.25) is 0 Å². The normalized spacial score (nSPS) is 19.9. The number of hydrogen-bond acceptors (Lipinski definition) is 0. The summed E-state index contributed by atoms with van der Waals surface area (Å²) in [5, 5.41) is 0. The highest BCUT2D eigenvalue weighted by molar-refractivity contribution is 5.66. The smallest absolute Gasteiger partial charge is 0.0228 e. The molecule has 0 heteroatoms. The van der Waals surface area contributed by atoms with Gasteiger partial charge in [0.15, 0.2) is 0 Å². The number of rotatable bonds is 1. The first-order valence-corrected chi connectivity index (χ1v) is 6.11. The van der Waals surface area contributed by atoms with Gasteiger partial charge >= 0.3 is 0 Å². The molecule has 0 saturated heterocycles. The summed E-state index contributed by atoms with van der Waals surface area (Å²) >= 11 is 0. The third-order valence-electron chi connectivity index (χ3n) is 2.82. The third-order valence-corrected chi connectivity index (χ3v) is 2.82. The van der Waals surface area contributed by atoms with E-state index in [4.69, 9.17) is 0 Å². The molecule has 0 heterocycles. The average Bonchev–Trinajstić information content (AvgIpc) is 2.34. The van der Waals surface area contributed by atoms with Crippen molar-refractivity contribution in [3.63, 3.8) is 0 Å². The second-order valence-corrected chi connectivity index (χ2v) is 3.97. The van der Waals surface area contributed by atoms with Crippen LogP contribution in [0.4, 0.5) is 0 Å². The summed E-state index contributed by atoms with van der Waals surface area (Å²) in [7, 11) is 0. The molecule has 82 valence electrons. The Morgan fingerprint density at radius 3 is 2.27 bits per heavy atom. The molecule has 1 aromatic carbocycles. The second-order valence-electron chi connectivity index (χ2n) is 3.97. The highest BCUT2D eigenvalue weighted by Crippen LogP contribution is 2.29. The van der Waals surface area contributed by atoms with Crippen LogP contribution in [0.2, 0.25) is 0 Å². The summed E-state index contributed by atoms with van der Waals surface area (Å²) in [4.78, 5) is 0. The minimum Gasteiger partial charge on any atom is -0.0805 e.